The molecule has 0 bridgehead atoms. The zero-order valence-electron chi connectivity index (χ0n) is 18.1. The summed E-state index contributed by atoms with van der Waals surface area (Å²) in [5.74, 6) is -2.19. The van der Waals surface area contributed by atoms with E-state index in [4.69, 9.17) is 9.15 Å². The van der Waals surface area contributed by atoms with Crippen LogP contribution < -0.4 is 26.1 Å². The van der Waals surface area contributed by atoms with Crippen molar-refractivity contribution >= 4 is 28.8 Å². The van der Waals surface area contributed by atoms with E-state index in [0.29, 0.717) is 28.9 Å². The smallest absolute Gasteiger partial charge is 0.339 e. The number of hydrogen-bond acceptors (Lipinski definition) is 7. The molecule has 2 rings (SSSR count). The highest BCUT2D eigenvalue weighted by molar-refractivity contribution is 5.88. The zero-order chi connectivity index (χ0) is 23.1. The fourth-order valence-electron chi connectivity index (χ4n) is 3.19. The number of hydrogen-bond donors (Lipinski definition) is 2. The Morgan fingerprint density at radius 2 is 1.94 bits per heavy atom. The highest BCUT2D eigenvalue weighted by Crippen LogP contribution is 2.24. The van der Waals surface area contributed by atoms with E-state index in [9.17, 15) is 24.3 Å². The van der Waals surface area contributed by atoms with Crippen molar-refractivity contribution in [3.63, 3.8) is 0 Å². The molecule has 0 aliphatic carbocycles. The molecule has 0 saturated carbocycles. The summed E-state index contributed by atoms with van der Waals surface area (Å²) in [4.78, 5) is 47.6. The Kier molecular flexibility index (Phi) is 8.18. The van der Waals surface area contributed by atoms with E-state index in [0.717, 1.165) is 5.39 Å². The number of carboxylic acids is 1. The van der Waals surface area contributed by atoms with Crippen LogP contribution in [0.5, 0.6) is 5.75 Å². The van der Waals surface area contributed by atoms with E-state index in [-0.39, 0.29) is 25.3 Å². The second-order valence-corrected chi connectivity index (χ2v) is 7.38. The zero-order valence-corrected chi connectivity index (χ0v) is 18.1. The Balaban J connectivity index is 1.97. The lowest BCUT2D eigenvalue weighted by Crippen LogP contribution is -2.53. The number of ether oxygens (including phenoxy) is 1. The SMILES string of the molecule is CC[C@@H](C)[C@H](NC(=O)CNC(=O)CCc1c(C)c2ccc(OC)cc2oc1=O)C(=O)[O-]. The molecule has 9 nitrogen and oxygen atoms in total. The van der Waals surface area contributed by atoms with Gasteiger partial charge in [0.1, 0.15) is 11.3 Å². The first-order chi connectivity index (χ1) is 14.7. The van der Waals surface area contributed by atoms with E-state index < -0.39 is 29.5 Å². The lowest BCUT2D eigenvalue weighted by Gasteiger charge is -2.25. The second-order valence-electron chi connectivity index (χ2n) is 7.38. The summed E-state index contributed by atoms with van der Waals surface area (Å²) in [6.07, 6.45) is 0.652. The van der Waals surface area contributed by atoms with Crippen LogP contribution in [-0.2, 0) is 20.8 Å². The van der Waals surface area contributed by atoms with Gasteiger partial charge in [-0.15, -0.1) is 0 Å². The number of methoxy groups -OCH3 is 1. The third-order valence-corrected chi connectivity index (χ3v) is 5.33. The van der Waals surface area contributed by atoms with Gasteiger partial charge in [0.2, 0.25) is 11.8 Å². The minimum atomic E-state index is -1.37. The standard InChI is InChI=1S/C22H28N2O7/c1-5-12(2)20(21(27)28)24-19(26)11-23-18(25)9-8-16-13(3)15-7-6-14(30-4)10-17(15)31-22(16)29/h6-7,10,12,20H,5,8-9,11H2,1-4H3,(H,23,25)(H,24,26)(H,27,28)/p-1/t12-,20+/m1/s1. The number of fused-ring (bicyclic) bond motifs is 1. The number of carbonyl (C=O) groups is 3. The van der Waals surface area contributed by atoms with Crippen LogP contribution in [0.1, 0.15) is 37.8 Å². The number of nitrogens with one attached hydrogen (secondary N) is 2. The summed E-state index contributed by atoms with van der Waals surface area (Å²) >= 11 is 0. The summed E-state index contributed by atoms with van der Waals surface area (Å²) in [6.45, 7) is 4.90. The average molecular weight is 431 g/mol. The molecule has 168 valence electrons. The maximum absolute atomic E-state index is 12.3. The number of aliphatic carboxylic acids is 1. The molecule has 0 aliphatic heterocycles. The molecule has 0 radical (unpaired) electrons. The Hall–Kier alpha value is -3.36. The van der Waals surface area contributed by atoms with Crippen LogP contribution in [0.3, 0.4) is 0 Å². The number of benzene rings is 1. The maximum atomic E-state index is 12.3. The van der Waals surface area contributed by atoms with Gasteiger partial charge in [-0.2, -0.15) is 0 Å². The van der Waals surface area contributed by atoms with Gasteiger partial charge in [0.05, 0.1) is 25.7 Å². The normalized spacial score (nSPS) is 12.8. The minimum absolute atomic E-state index is 0.0319. The summed E-state index contributed by atoms with van der Waals surface area (Å²) in [5, 5.41) is 16.7. The molecule has 1 heterocycles. The van der Waals surface area contributed by atoms with Gasteiger partial charge in [0, 0.05) is 23.4 Å². The molecular weight excluding hydrogens is 404 g/mol. The van der Waals surface area contributed by atoms with E-state index in [2.05, 4.69) is 10.6 Å². The van der Waals surface area contributed by atoms with Gasteiger partial charge in [-0.1, -0.05) is 20.3 Å². The van der Waals surface area contributed by atoms with Gasteiger partial charge in [-0.25, -0.2) is 4.79 Å². The predicted molar refractivity (Wildman–Crippen MR) is 111 cm³/mol. The Morgan fingerprint density at radius 1 is 1.23 bits per heavy atom. The number of rotatable bonds is 10. The molecule has 0 aliphatic rings. The molecule has 2 N–H and O–H groups in total. The van der Waals surface area contributed by atoms with Gasteiger partial charge >= 0.3 is 5.63 Å². The van der Waals surface area contributed by atoms with Gasteiger partial charge < -0.3 is 29.7 Å². The number of aryl methyl sites for hydroxylation is 1. The maximum Gasteiger partial charge on any atom is 0.339 e. The quantitative estimate of drug-likeness (QED) is 0.521. The Labute approximate surface area is 179 Å². The van der Waals surface area contributed by atoms with Crippen LogP contribution in [0.2, 0.25) is 0 Å². The molecule has 31 heavy (non-hydrogen) atoms. The van der Waals surface area contributed by atoms with E-state index in [1.54, 1.807) is 39.0 Å². The van der Waals surface area contributed by atoms with Gasteiger partial charge in [0.15, 0.2) is 0 Å². The first-order valence-electron chi connectivity index (χ1n) is 10.0. The largest absolute Gasteiger partial charge is 0.548 e. The van der Waals surface area contributed by atoms with Crippen LogP contribution in [0, 0.1) is 12.8 Å². The molecule has 0 saturated heterocycles. The van der Waals surface area contributed by atoms with E-state index in [1.165, 1.54) is 7.11 Å². The highest BCUT2D eigenvalue weighted by Gasteiger charge is 2.20. The van der Waals surface area contributed by atoms with Crippen LogP contribution in [0.15, 0.2) is 27.4 Å². The number of amides is 2. The molecule has 2 aromatic rings. The fourth-order valence-corrected chi connectivity index (χ4v) is 3.19. The Bertz CT molecular complexity index is 1030. The van der Waals surface area contributed by atoms with Crippen molar-refractivity contribution in [1.29, 1.82) is 0 Å². The van der Waals surface area contributed by atoms with Crippen molar-refractivity contribution in [2.75, 3.05) is 13.7 Å². The van der Waals surface area contributed by atoms with Gasteiger partial charge in [-0.3, -0.25) is 9.59 Å². The molecule has 0 spiro atoms. The average Bonchev–Trinajstić information content (AvgIpc) is 2.74. The first-order valence-corrected chi connectivity index (χ1v) is 10.0. The van der Waals surface area contributed by atoms with Gasteiger partial charge in [0.25, 0.3) is 0 Å². The van der Waals surface area contributed by atoms with Crippen molar-refractivity contribution in [3.8, 4) is 5.75 Å². The molecule has 9 heteroatoms. The molecule has 1 aromatic carbocycles. The van der Waals surface area contributed by atoms with Crippen LogP contribution in [-0.4, -0.2) is 37.5 Å². The fraction of sp³-hybridized carbons (Fsp3) is 0.455. The predicted octanol–water partition coefficient (Wildman–Crippen LogP) is 0.440. The molecule has 1 aromatic heterocycles. The summed E-state index contributed by atoms with van der Waals surface area (Å²) in [6, 6.07) is 4.03. The molecule has 0 fully saturated rings. The number of carbonyl (C=O) groups excluding carboxylic acids is 3. The second kappa shape index (κ2) is 10.6. The van der Waals surface area contributed by atoms with Crippen molar-refractivity contribution in [3.05, 3.63) is 39.7 Å². The first kappa shape index (κ1) is 23.9. The monoisotopic (exact) mass is 431 g/mol. The molecule has 2 amide bonds. The summed E-state index contributed by atoms with van der Waals surface area (Å²) in [5.41, 5.74) is 0.959. The van der Waals surface area contributed by atoms with Crippen LogP contribution in [0.4, 0.5) is 0 Å². The third kappa shape index (κ3) is 6.07. The van der Waals surface area contributed by atoms with Crippen molar-refractivity contribution in [2.45, 2.75) is 46.1 Å². The summed E-state index contributed by atoms with van der Waals surface area (Å²) < 4.78 is 10.5. The lowest BCUT2D eigenvalue weighted by molar-refractivity contribution is -0.309. The van der Waals surface area contributed by atoms with Crippen LogP contribution in [0.25, 0.3) is 11.0 Å². The minimum Gasteiger partial charge on any atom is -0.548 e. The van der Waals surface area contributed by atoms with Crippen LogP contribution >= 0.6 is 0 Å². The Morgan fingerprint density at radius 3 is 2.55 bits per heavy atom. The third-order valence-electron chi connectivity index (χ3n) is 5.33. The molecule has 2 atom stereocenters. The lowest BCUT2D eigenvalue weighted by atomic mass is 9.99. The van der Waals surface area contributed by atoms with E-state index >= 15 is 0 Å². The van der Waals surface area contributed by atoms with E-state index in [1.807, 2.05) is 0 Å². The van der Waals surface area contributed by atoms with Crippen molar-refractivity contribution < 1.29 is 28.6 Å². The number of carboxylic acid groups (broad SMARTS) is 1. The van der Waals surface area contributed by atoms with Gasteiger partial charge in [-0.05, 0) is 37.0 Å². The van der Waals surface area contributed by atoms with Crippen molar-refractivity contribution in [2.24, 2.45) is 5.92 Å². The highest BCUT2D eigenvalue weighted by atomic mass is 16.5. The summed E-state index contributed by atoms with van der Waals surface area (Å²) in [7, 11) is 1.52. The topological polar surface area (TPSA) is 138 Å². The molecular formula is C22H27N2O7-. The molecule has 0 unspecified atom stereocenters. The van der Waals surface area contributed by atoms with Crippen molar-refractivity contribution in [1.82, 2.24) is 10.6 Å².